The van der Waals surface area contributed by atoms with Crippen LogP contribution in [-0.4, -0.2) is 34.5 Å². The normalized spacial score (nSPS) is 28.0. The molecule has 1 saturated carbocycles. The van der Waals surface area contributed by atoms with E-state index in [0.29, 0.717) is 19.4 Å². The Hall–Kier alpha value is -0.970. The maximum Gasteiger partial charge on any atom is 0.307 e. The number of carboxylic acid groups (broad SMARTS) is 1. The van der Waals surface area contributed by atoms with Crippen molar-refractivity contribution in [1.29, 1.82) is 0 Å². The van der Waals surface area contributed by atoms with Crippen LogP contribution in [0.1, 0.15) is 44.9 Å². The van der Waals surface area contributed by atoms with E-state index in [1.54, 1.807) is 0 Å². The first kappa shape index (κ1) is 16.4. The van der Waals surface area contributed by atoms with Crippen LogP contribution >= 0.6 is 11.8 Å². The van der Waals surface area contributed by atoms with Crippen molar-refractivity contribution in [2.75, 3.05) is 12.8 Å². The molecule has 2 aliphatic carbocycles. The number of hydrogen-bond acceptors (Lipinski definition) is 3. The Kier molecular flexibility index (Phi) is 5.73. The Labute approximate surface area is 130 Å². The van der Waals surface area contributed by atoms with Gasteiger partial charge in [0.2, 0.25) is 5.91 Å². The van der Waals surface area contributed by atoms with Gasteiger partial charge < -0.3 is 10.4 Å². The van der Waals surface area contributed by atoms with Crippen LogP contribution < -0.4 is 5.32 Å². The molecule has 4 nitrogen and oxygen atoms in total. The van der Waals surface area contributed by atoms with Gasteiger partial charge in [-0.05, 0) is 31.9 Å². The third kappa shape index (κ3) is 4.02. The Morgan fingerprint density at radius 1 is 1.19 bits per heavy atom. The Bertz CT molecular complexity index is 416. The van der Waals surface area contributed by atoms with E-state index >= 15 is 0 Å². The van der Waals surface area contributed by atoms with Crippen LogP contribution in [0.2, 0.25) is 0 Å². The Morgan fingerprint density at radius 2 is 1.81 bits per heavy atom. The molecule has 0 spiro atoms. The van der Waals surface area contributed by atoms with Crippen LogP contribution in [-0.2, 0) is 9.59 Å². The molecule has 2 rings (SSSR count). The standard InChI is InChI=1S/C16H25NO3S/c1-21-16(9-5-2-6-10-16)11-17-14(18)12-7-3-4-8-13(12)15(19)20/h3-4,12-13H,2,5-11H2,1H3,(H,17,18)(H,19,20)/t12-,13+/m1/s1. The Morgan fingerprint density at radius 3 is 2.38 bits per heavy atom. The van der Waals surface area contributed by atoms with Gasteiger partial charge in [-0.15, -0.1) is 0 Å². The first-order valence-corrected chi connectivity index (χ1v) is 9.01. The number of nitrogens with one attached hydrogen (secondary N) is 1. The van der Waals surface area contributed by atoms with Crippen molar-refractivity contribution in [2.24, 2.45) is 11.8 Å². The summed E-state index contributed by atoms with van der Waals surface area (Å²) in [7, 11) is 0. The molecule has 0 unspecified atom stereocenters. The third-order valence-electron chi connectivity index (χ3n) is 4.87. The second-order valence-electron chi connectivity index (χ2n) is 6.16. The maximum atomic E-state index is 12.4. The van der Waals surface area contributed by atoms with E-state index in [1.807, 2.05) is 23.9 Å². The van der Waals surface area contributed by atoms with Gasteiger partial charge in [0.1, 0.15) is 0 Å². The minimum Gasteiger partial charge on any atom is -0.481 e. The molecule has 21 heavy (non-hydrogen) atoms. The smallest absolute Gasteiger partial charge is 0.307 e. The van der Waals surface area contributed by atoms with Crippen molar-refractivity contribution in [1.82, 2.24) is 5.32 Å². The molecular formula is C16H25NO3S. The molecule has 0 saturated heterocycles. The first-order chi connectivity index (χ1) is 10.1. The summed E-state index contributed by atoms with van der Waals surface area (Å²) >= 11 is 1.84. The van der Waals surface area contributed by atoms with Crippen LogP contribution in [0, 0.1) is 11.8 Å². The second kappa shape index (κ2) is 7.34. The van der Waals surface area contributed by atoms with Gasteiger partial charge in [0.25, 0.3) is 0 Å². The van der Waals surface area contributed by atoms with Crippen LogP contribution in [0.25, 0.3) is 0 Å². The lowest BCUT2D eigenvalue weighted by molar-refractivity contribution is -0.147. The molecule has 0 radical (unpaired) electrons. The average molecular weight is 311 g/mol. The lowest BCUT2D eigenvalue weighted by atomic mass is 9.82. The topological polar surface area (TPSA) is 66.4 Å². The highest BCUT2D eigenvalue weighted by atomic mass is 32.2. The fourth-order valence-corrected chi connectivity index (χ4v) is 4.32. The fraction of sp³-hybridized carbons (Fsp3) is 0.750. The molecule has 0 aromatic carbocycles. The molecule has 0 aliphatic heterocycles. The molecule has 118 valence electrons. The highest BCUT2D eigenvalue weighted by Crippen LogP contribution is 2.38. The van der Waals surface area contributed by atoms with Gasteiger partial charge in [-0.2, -0.15) is 11.8 Å². The number of carbonyl (C=O) groups excluding carboxylic acids is 1. The number of carboxylic acids is 1. The number of rotatable bonds is 5. The summed E-state index contributed by atoms with van der Waals surface area (Å²) in [6, 6.07) is 0. The van der Waals surface area contributed by atoms with E-state index in [0.717, 1.165) is 12.8 Å². The van der Waals surface area contributed by atoms with Gasteiger partial charge >= 0.3 is 5.97 Å². The van der Waals surface area contributed by atoms with Crippen molar-refractivity contribution < 1.29 is 14.7 Å². The molecular weight excluding hydrogens is 286 g/mol. The molecule has 1 amide bonds. The summed E-state index contributed by atoms with van der Waals surface area (Å²) in [6.07, 6.45) is 12.9. The Balaban J connectivity index is 1.94. The van der Waals surface area contributed by atoms with E-state index in [4.69, 9.17) is 0 Å². The minimum absolute atomic E-state index is 0.0919. The van der Waals surface area contributed by atoms with Crippen LogP contribution in [0.3, 0.4) is 0 Å². The van der Waals surface area contributed by atoms with Crippen molar-refractivity contribution >= 4 is 23.6 Å². The van der Waals surface area contributed by atoms with Crippen LogP contribution in [0.4, 0.5) is 0 Å². The molecule has 2 atom stereocenters. The maximum absolute atomic E-state index is 12.4. The van der Waals surface area contributed by atoms with Gasteiger partial charge in [-0.25, -0.2) is 0 Å². The number of carbonyl (C=O) groups is 2. The quantitative estimate of drug-likeness (QED) is 0.766. The molecule has 1 fully saturated rings. The molecule has 0 heterocycles. The molecule has 2 aliphatic rings. The van der Waals surface area contributed by atoms with Crippen molar-refractivity contribution in [3.8, 4) is 0 Å². The predicted molar refractivity (Wildman–Crippen MR) is 85.3 cm³/mol. The zero-order valence-electron chi connectivity index (χ0n) is 12.6. The second-order valence-corrected chi connectivity index (χ2v) is 7.43. The van der Waals surface area contributed by atoms with Gasteiger partial charge in [-0.3, -0.25) is 9.59 Å². The van der Waals surface area contributed by atoms with E-state index in [9.17, 15) is 14.7 Å². The summed E-state index contributed by atoms with van der Waals surface area (Å²) in [5.74, 6) is -1.95. The average Bonchev–Trinajstić information content (AvgIpc) is 2.53. The van der Waals surface area contributed by atoms with Gasteiger partial charge in [0.15, 0.2) is 0 Å². The number of hydrogen-bond donors (Lipinski definition) is 2. The minimum atomic E-state index is -0.864. The summed E-state index contributed by atoms with van der Waals surface area (Å²) in [5, 5.41) is 12.3. The summed E-state index contributed by atoms with van der Waals surface area (Å²) in [6.45, 7) is 0.666. The monoisotopic (exact) mass is 311 g/mol. The zero-order chi connectivity index (χ0) is 15.3. The van der Waals surface area contributed by atoms with Gasteiger partial charge in [0.05, 0.1) is 11.8 Å². The summed E-state index contributed by atoms with van der Waals surface area (Å²) < 4.78 is 0.150. The fourth-order valence-electron chi connectivity index (χ4n) is 3.41. The summed E-state index contributed by atoms with van der Waals surface area (Å²) in [4.78, 5) is 23.7. The van der Waals surface area contributed by atoms with Crippen molar-refractivity contribution in [3.63, 3.8) is 0 Å². The molecule has 5 heteroatoms. The summed E-state index contributed by atoms with van der Waals surface area (Å²) in [5.41, 5.74) is 0. The van der Waals surface area contributed by atoms with Crippen LogP contribution in [0.5, 0.6) is 0 Å². The number of thioether (sulfide) groups is 1. The molecule has 0 aromatic rings. The SMILES string of the molecule is CSC1(CNC(=O)[C@@H]2CC=CC[C@@H]2C(=O)O)CCCCC1. The van der Waals surface area contributed by atoms with E-state index in [1.165, 1.54) is 19.3 Å². The van der Waals surface area contributed by atoms with Gasteiger partial charge in [-0.1, -0.05) is 31.4 Å². The third-order valence-corrected chi connectivity index (χ3v) is 6.29. The number of allylic oxidation sites excluding steroid dienone is 2. The van der Waals surface area contributed by atoms with E-state index in [-0.39, 0.29) is 10.7 Å². The van der Waals surface area contributed by atoms with E-state index < -0.39 is 17.8 Å². The lowest BCUT2D eigenvalue weighted by Gasteiger charge is -2.36. The largest absolute Gasteiger partial charge is 0.481 e. The van der Waals surface area contributed by atoms with Crippen LogP contribution in [0.15, 0.2) is 12.2 Å². The number of aliphatic carboxylic acids is 1. The lowest BCUT2D eigenvalue weighted by Crippen LogP contribution is -2.46. The zero-order valence-corrected chi connectivity index (χ0v) is 13.5. The molecule has 0 aromatic heterocycles. The molecule has 2 N–H and O–H groups in total. The molecule has 0 bridgehead atoms. The number of amides is 1. The predicted octanol–water partition coefficient (Wildman–Crippen LogP) is 2.84. The van der Waals surface area contributed by atoms with E-state index in [2.05, 4.69) is 11.6 Å². The highest BCUT2D eigenvalue weighted by Gasteiger charge is 2.36. The highest BCUT2D eigenvalue weighted by molar-refractivity contribution is 8.00. The van der Waals surface area contributed by atoms with Crippen molar-refractivity contribution in [3.05, 3.63) is 12.2 Å². The van der Waals surface area contributed by atoms with Gasteiger partial charge in [0, 0.05) is 11.3 Å². The van der Waals surface area contributed by atoms with Crippen molar-refractivity contribution in [2.45, 2.75) is 49.7 Å². The first-order valence-electron chi connectivity index (χ1n) is 7.79.